The molecule has 0 fully saturated rings. The Morgan fingerprint density at radius 1 is 1.07 bits per heavy atom. The molecule has 0 aliphatic carbocycles. The van der Waals surface area contributed by atoms with Crippen LogP contribution in [0.1, 0.15) is 37.1 Å². The summed E-state index contributed by atoms with van der Waals surface area (Å²) in [6, 6.07) is 13.5. The standard InChI is InChI=1S/C31H35N9O2/c1-6-18-33-29-24(21-34-31(38-29)36-26-15-12-23(20-32)13-16-26)14-17-25-9-7-10-27(35-25)37-30(42)22(2)40(5)28(41)11-8-19-39(3)4/h7-13,15-16,21-22H,6,18-19H2,1-5H3,(H,35,37,42)(H2,33,34,36,38)/b11-8+/t22-/m0/s1. The summed E-state index contributed by atoms with van der Waals surface area (Å²) in [5.74, 6) is 6.73. The molecular weight excluding hydrogens is 530 g/mol. The lowest BCUT2D eigenvalue weighted by Crippen LogP contribution is -2.42. The lowest BCUT2D eigenvalue weighted by molar-refractivity contribution is -0.132. The second-order valence-corrected chi connectivity index (χ2v) is 9.63. The summed E-state index contributed by atoms with van der Waals surface area (Å²) < 4.78 is 0. The predicted octanol–water partition coefficient (Wildman–Crippen LogP) is 3.61. The van der Waals surface area contributed by atoms with Crippen molar-refractivity contribution >= 4 is 35.1 Å². The van der Waals surface area contributed by atoms with Crippen LogP contribution >= 0.6 is 0 Å². The third kappa shape index (κ3) is 9.44. The van der Waals surface area contributed by atoms with E-state index in [1.165, 1.54) is 11.0 Å². The van der Waals surface area contributed by atoms with Gasteiger partial charge in [-0.25, -0.2) is 9.97 Å². The molecule has 1 aromatic carbocycles. The fourth-order valence-corrected chi connectivity index (χ4v) is 3.45. The molecule has 0 spiro atoms. The molecular formula is C31H35N9O2. The van der Waals surface area contributed by atoms with Crippen molar-refractivity contribution < 1.29 is 9.59 Å². The summed E-state index contributed by atoms with van der Waals surface area (Å²) in [4.78, 5) is 41.9. The van der Waals surface area contributed by atoms with Crippen molar-refractivity contribution in [1.29, 1.82) is 5.26 Å². The second kappa shape index (κ2) is 15.5. The van der Waals surface area contributed by atoms with Crippen LogP contribution in [0.15, 0.2) is 60.8 Å². The molecule has 0 aliphatic rings. The predicted molar refractivity (Wildman–Crippen MR) is 164 cm³/mol. The van der Waals surface area contributed by atoms with Crippen molar-refractivity contribution in [2.45, 2.75) is 26.3 Å². The molecule has 11 nitrogen and oxygen atoms in total. The fourth-order valence-electron chi connectivity index (χ4n) is 3.45. The molecule has 0 aliphatic heterocycles. The highest BCUT2D eigenvalue weighted by Gasteiger charge is 2.21. The zero-order valence-electron chi connectivity index (χ0n) is 24.5. The van der Waals surface area contributed by atoms with Crippen molar-refractivity contribution in [3.8, 4) is 17.9 Å². The number of hydrogen-bond acceptors (Lipinski definition) is 9. The third-order valence-corrected chi connectivity index (χ3v) is 5.97. The van der Waals surface area contributed by atoms with Gasteiger partial charge in [0.25, 0.3) is 0 Å². The first-order valence-corrected chi connectivity index (χ1v) is 13.5. The summed E-state index contributed by atoms with van der Waals surface area (Å²) >= 11 is 0. The van der Waals surface area contributed by atoms with Gasteiger partial charge in [-0.05, 0) is 69.8 Å². The highest BCUT2D eigenvalue weighted by molar-refractivity contribution is 5.98. The van der Waals surface area contributed by atoms with Gasteiger partial charge in [0.15, 0.2) is 0 Å². The fraction of sp³-hybridized carbons (Fsp3) is 0.290. The number of benzene rings is 1. The van der Waals surface area contributed by atoms with Crippen molar-refractivity contribution in [2.24, 2.45) is 0 Å². The van der Waals surface area contributed by atoms with E-state index in [4.69, 9.17) is 5.26 Å². The number of likely N-dealkylation sites (N-methyl/N-ethyl adjacent to an activating group) is 2. The second-order valence-electron chi connectivity index (χ2n) is 9.63. The van der Waals surface area contributed by atoms with Crippen molar-refractivity contribution in [3.63, 3.8) is 0 Å². The molecule has 2 heterocycles. The lowest BCUT2D eigenvalue weighted by atomic mass is 10.2. The number of nitrogens with one attached hydrogen (secondary N) is 3. The molecule has 0 saturated carbocycles. The number of nitriles is 1. The van der Waals surface area contributed by atoms with Crippen LogP contribution in [-0.4, -0.2) is 76.8 Å². The van der Waals surface area contributed by atoms with Crippen LogP contribution < -0.4 is 16.0 Å². The van der Waals surface area contributed by atoms with Crippen molar-refractivity contribution in [1.82, 2.24) is 24.8 Å². The Morgan fingerprint density at radius 2 is 1.83 bits per heavy atom. The SMILES string of the molecule is CCCNc1nc(Nc2ccc(C#N)cc2)ncc1C#Cc1cccc(NC(=O)[C@H](C)N(C)C(=O)/C=C/CN(C)C)n1. The minimum Gasteiger partial charge on any atom is -0.369 e. The molecule has 0 bridgehead atoms. The quantitative estimate of drug-likeness (QED) is 0.235. The molecule has 1 atom stereocenters. The summed E-state index contributed by atoms with van der Waals surface area (Å²) in [6.45, 7) is 5.03. The first-order valence-electron chi connectivity index (χ1n) is 13.5. The van der Waals surface area contributed by atoms with Gasteiger partial charge in [0.05, 0.1) is 23.4 Å². The first kappa shape index (κ1) is 31.3. The van der Waals surface area contributed by atoms with Gasteiger partial charge in [-0.1, -0.05) is 25.0 Å². The molecule has 2 aromatic heterocycles. The number of carbonyl (C=O) groups excluding carboxylic acids is 2. The smallest absolute Gasteiger partial charge is 0.248 e. The van der Waals surface area contributed by atoms with E-state index in [0.717, 1.165) is 12.1 Å². The maximum Gasteiger partial charge on any atom is 0.248 e. The Bertz CT molecular complexity index is 1520. The van der Waals surface area contributed by atoms with Crippen LogP contribution in [0.5, 0.6) is 0 Å². The Labute approximate surface area is 246 Å². The highest BCUT2D eigenvalue weighted by Crippen LogP contribution is 2.18. The van der Waals surface area contributed by atoms with Gasteiger partial charge in [-0.15, -0.1) is 0 Å². The van der Waals surface area contributed by atoms with Gasteiger partial charge >= 0.3 is 0 Å². The van der Waals surface area contributed by atoms with Crippen LogP contribution in [0.3, 0.4) is 0 Å². The molecule has 216 valence electrons. The summed E-state index contributed by atoms with van der Waals surface area (Å²) in [7, 11) is 5.40. The molecule has 0 radical (unpaired) electrons. The molecule has 3 rings (SSSR count). The highest BCUT2D eigenvalue weighted by atomic mass is 16.2. The Hall–Kier alpha value is -5.26. The van der Waals surface area contributed by atoms with Crippen LogP contribution in [-0.2, 0) is 9.59 Å². The third-order valence-electron chi connectivity index (χ3n) is 5.97. The molecule has 2 amide bonds. The van der Waals surface area contributed by atoms with Gasteiger partial charge in [0.1, 0.15) is 23.4 Å². The molecule has 0 unspecified atom stereocenters. The van der Waals surface area contributed by atoms with E-state index in [1.54, 1.807) is 68.7 Å². The van der Waals surface area contributed by atoms with Gasteiger partial charge in [-0.3, -0.25) is 9.59 Å². The number of aromatic nitrogens is 3. The van der Waals surface area contributed by atoms with Crippen LogP contribution in [0, 0.1) is 23.2 Å². The van der Waals surface area contributed by atoms with E-state index in [-0.39, 0.29) is 11.8 Å². The van der Waals surface area contributed by atoms with E-state index in [9.17, 15) is 9.59 Å². The number of pyridine rings is 1. The van der Waals surface area contributed by atoms with E-state index in [0.29, 0.717) is 47.5 Å². The van der Waals surface area contributed by atoms with E-state index < -0.39 is 6.04 Å². The average molecular weight is 566 g/mol. The van der Waals surface area contributed by atoms with E-state index in [2.05, 4.69) is 55.7 Å². The largest absolute Gasteiger partial charge is 0.369 e. The topological polar surface area (TPSA) is 139 Å². The number of anilines is 4. The normalized spacial score (nSPS) is 11.3. The van der Waals surface area contributed by atoms with E-state index >= 15 is 0 Å². The Morgan fingerprint density at radius 3 is 2.52 bits per heavy atom. The van der Waals surface area contributed by atoms with Crippen LogP contribution in [0.4, 0.5) is 23.3 Å². The maximum atomic E-state index is 12.8. The first-order chi connectivity index (χ1) is 20.2. The minimum absolute atomic E-state index is 0.264. The average Bonchev–Trinajstić information content (AvgIpc) is 2.99. The number of nitrogens with zero attached hydrogens (tertiary/aromatic N) is 6. The van der Waals surface area contributed by atoms with E-state index in [1.807, 2.05) is 19.0 Å². The Balaban J connectivity index is 1.72. The number of rotatable bonds is 11. The van der Waals surface area contributed by atoms with Gasteiger partial charge < -0.3 is 25.8 Å². The molecule has 0 saturated heterocycles. The lowest BCUT2D eigenvalue weighted by Gasteiger charge is -2.22. The summed E-state index contributed by atoms with van der Waals surface area (Å²) in [5.41, 5.74) is 2.34. The number of amides is 2. The van der Waals surface area contributed by atoms with Crippen molar-refractivity contribution in [2.75, 3.05) is 50.2 Å². The zero-order chi connectivity index (χ0) is 30.5. The van der Waals surface area contributed by atoms with Crippen LogP contribution in [0.25, 0.3) is 0 Å². The zero-order valence-corrected chi connectivity index (χ0v) is 24.5. The number of carbonyl (C=O) groups is 2. The molecule has 42 heavy (non-hydrogen) atoms. The Kier molecular flexibility index (Phi) is 11.5. The maximum absolute atomic E-state index is 12.8. The minimum atomic E-state index is -0.709. The van der Waals surface area contributed by atoms with Gasteiger partial charge in [-0.2, -0.15) is 10.2 Å². The van der Waals surface area contributed by atoms with Crippen molar-refractivity contribution in [3.05, 3.63) is 77.6 Å². The molecule has 3 N–H and O–H groups in total. The number of hydrogen-bond donors (Lipinski definition) is 3. The summed E-state index contributed by atoms with van der Waals surface area (Å²) in [6.07, 6.45) is 5.73. The molecule has 3 aromatic rings. The summed E-state index contributed by atoms with van der Waals surface area (Å²) in [5, 5.41) is 18.2. The van der Waals surface area contributed by atoms with Gasteiger partial charge in [0, 0.05) is 31.9 Å². The monoisotopic (exact) mass is 565 g/mol. The van der Waals surface area contributed by atoms with Crippen LogP contribution in [0.2, 0.25) is 0 Å². The molecule has 11 heteroatoms. The van der Waals surface area contributed by atoms with Gasteiger partial charge in [0.2, 0.25) is 17.8 Å².